The SMILES string of the molecule is CCN(C(C)C(=O)NCc1ccco1)C(C)(C)C(=O)O. The van der Waals surface area contributed by atoms with E-state index in [9.17, 15) is 14.7 Å². The molecule has 1 heterocycles. The van der Waals surface area contributed by atoms with Crippen LogP contribution in [0.2, 0.25) is 0 Å². The van der Waals surface area contributed by atoms with E-state index in [-0.39, 0.29) is 5.91 Å². The first-order valence-electron chi connectivity index (χ1n) is 6.61. The van der Waals surface area contributed by atoms with Crippen molar-refractivity contribution in [3.05, 3.63) is 24.2 Å². The van der Waals surface area contributed by atoms with E-state index in [0.29, 0.717) is 18.8 Å². The van der Waals surface area contributed by atoms with Gasteiger partial charge in [-0.15, -0.1) is 0 Å². The minimum Gasteiger partial charge on any atom is -0.480 e. The Morgan fingerprint density at radius 1 is 1.50 bits per heavy atom. The van der Waals surface area contributed by atoms with Gasteiger partial charge in [0.05, 0.1) is 18.8 Å². The van der Waals surface area contributed by atoms with E-state index in [1.165, 1.54) is 6.26 Å². The fourth-order valence-corrected chi connectivity index (χ4v) is 2.15. The molecule has 6 nitrogen and oxygen atoms in total. The van der Waals surface area contributed by atoms with E-state index in [1.807, 2.05) is 6.92 Å². The van der Waals surface area contributed by atoms with Crippen LogP contribution in [0, 0.1) is 0 Å². The van der Waals surface area contributed by atoms with Crippen LogP contribution >= 0.6 is 0 Å². The summed E-state index contributed by atoms with van der Waals surface area (Å²) < 4.78 is 5.13. The molecule has 20 heavy (non-hydrogen) atoms. The zero-order valence-electron chi connectivity index (χ0n) is 12.3. The Balaban J connectivity index is 2.68. The number of likely N-dealkylation sites (N-methyl/N-ethyl adjacent to an activating group) is 1. The first kappa shape index (κ1) is 16.2. The van der Waals surface area contributed by atoms with Gasteiger partial charge in [0.2, 0.25) is 5.91 Å². The van der Waals surface area contributed by atoms with Crippen molar-refractivity contribution >= 4 is 11.9 Å². The number of aliphatic carboxylic acids is 1. The predicted octanol–water partition coefficient (Wildman–Crippen LogP) is 1.47. The number of nitrogens with zero attached hydrogens (tertiary/aromatic N) is 1. The fraction of sp³-hybridized carbons (Fsp3) is 0.571. The molecule has 1 aromatic rings. The van der Waals surface area contributed by atoms with Gasteiger partial charge in [0, 0.05) is 0 Å². The Morgan fingerprint density at radius 2 is 2.15 bits per heavy atom. The Labute approximate surface area is 118 Å². The topological polar surface area (TPSA) is 82.8 Å². The number of furan rings is 1. The van der Waals surface area contributed by atoms with Crippen LogP contribution in [0.15, 0.2) is 22.8 Å². The molecule has 2 N–H and O–H groups in total. The molecule has 1 unspecified atom stereocenters. The quantitative estimate of drug-likeness (QED) is 0.791. The van der Waals surface area contributed by atoms with Crippen molar-refractivity contribution in [1.82, 2.24) is 10.2 Å². The molecule has 6 heteroatoms. The number of nitrogens with one attached hydrogen (secondary N) is 1. The van der Waals surface area contributed by atoms with Gasteiger partial charge < -0.3 is 14.8 Å². The molecule has 0 spiro atoms. The van der Waals surface area contributed by atoms with Gasteiger partial charge in [-0.2, -0.15) is 0 Å². The van der Waals surface area contributed by atoms with E-state index in [4.69, 9.17) is 4.42 Å². The van der Waals surface area contributed by atoms with Gasteiger partial charge in [-0.25, -0.2) is 0 Å². The molecule has 0 radical (unpaired) electrons. The number of carboxylic acids is 1. The third-order valence-corrected chi connectivity index (χ3v) is 3.45. The highest BCUT2D eigenvalue weighted by molar-refractivity contribution is 5.83. The number of hydrogen-bond acceptors (Lipinski definition) is 4. The summed E-state index contributed by atoms with van der Waals surface area (Å²) in [7, 11) is 0. The van der Waals surface area contributed by atoms with Crippen LogP contribution in [0.25, 0.3) is 0 Å². The van der Waals surface area contributed by atoms with Crippen LogP contribution in [0.4, 0.5) is 0 Å². The molecule has 0 aliphatic heterocycles. The van der Waals surface area contributed by atoms with E-state index >= 15 is 0 Å². The standard InChI is InChI=1S/C14H22N2O4/c1-5-16(14(3,4)13(18)19)10(2)12(17)15-9-11-7-6-8-20-11/h6-8,10H,5,9H2,1-4H3,(H,15,17)(H,18,19). The molecule has 0 aliphatic carbocycles. The molecule has 0 bridgehead atoms. The number of carbonyl (C=O) groups excluding carboxylic acids is 1. The van der Waals surface area contributed by atoms with Gasteiger partial charge in [-0.05, 0) is 39.4 Å². The molecule has 1 aromatic heterocycles. The minimum absolute atomic E-state index is 0.224. The highest BCUT2D eigenvalue weighted by atomic mass is 16.4. The lowest BCUT2D eigenvalue weighted by Gasteiger charge is -2.37. The molecule has 1 rings (SSSR count). The number of amides is 1. The molecule has 0 saturated carbocycles. The van der Waals surface area contributed by atoms with Crippen LogP contribution in [0.3, 0.4) is 0 Å². The number of rotatable bonds is 7. The predicted molar refractivity (Wildman–Crippen MR) is 74.1 cm³/mol. The van der Waals surface area contributed by atoms with Crippen LogP contribution in [0.1, 0.15) is 33.5 Å². The van der Waals surface area contributed by atoms with Crippen molar-refractivity contribution in [3.8, 4) is 0 Å². The maximum atomic E-state index is 12.1. The summed E-state index contributed by atoms with van der Waals surface area (Å²) in [6.45, 7) is 7.48. The number of hydrogen-bond donors (Lipinski definition) is 2. The van der Waals surface area contributed by atoms with Gasteiger partial charge in [-0.3, -0.25) is 14.5 Å². The highest BCUT2D eigenvalue weighted by Gasteiger charge is 2.38. The Kier molecular flexibility index (Phi) is 5.33. The first-order valence-corrected chi connectivity index (χ1v) is 6.61. The fourth-order valence-electron chi connectivity index (χ4n) is 2.15. The summed E-state index contributed by atoms with van der Waals surface area (Å²) in [5.74, 6) is -0.520. The maximum Gasteiger partial charge on any atom is 0.323 e. The van der Waals surface area contributed by atoms with Gasteiger partial charge in [-0.1, -0.05) is 6.92 Å². The molecule has 112 valence electrons. The summed E-state index contributed by atoms with van der Waals surface area (Å²) in [4.78, 5) is 25.1. The van der Waals surface area contributed by atoms with Crippen molar-refractivity contribution in [2.75, 3.05) is 6.54 Å². The maximum absolute atomic E-state index is 12.1. The Morgan fingerprint density at radius 3 is 2.60 bits per heavy atom. The van der Waals surface area contributed by atoms with E-state index in [2.05, 4.69) is 5.32 Å². The van der Waals surface area contributed by atoms with Crippen molar-refractivity contribution in [1.29, 1.82) is 0 Å². The van der Waals surface area contributed by atoms with Crippen LogP contribution in [-0.4, -0.2) is 40.0 Å². The normalized spacial score (nSPS) is 13.2. The van der Waals surface area contributed by atoms with Crippen LogP contribution in [-0.2, 0) is 16.1 Å². The van der Waals surface area contributed by atoms with Crippen molar-refractivity contribution in [2.45, 2.75) is 45.8 Å². The lowest BCUT2D eigenvalue weighted by molar-refractivity contribution is -0.152. The average molecular weight is 282 g/mol. The molecular weight excluding hydrogens is 260 g/mol. The minimum atomic E-state index is -1.10. The first-order chi connectivity index (χ1) is 9.30. The molecule has 0 aliphatic rings. The molecule has 0 aromatic carbocycles. The lowest BCUT2D eigenvalue weighted by Crippen LogP contribution is -2.57. The summed E-state index contributed by atoms with van der Waals surface area (Å²) in [5.41, 5.74) is -1.10. The monoisotopic (exact) mass is 282 g/mol. The van der Waals surface area contributed by atoms with E-state index < -0.39 is 17.6 Å². The third kappa shape index (κ3) is 3.60. The second kappa shape index (κ2) is 6.56. The zero-order valence-corrected chi connectivity index (χ0v) is 12.3. The molecular formula is C14H22N2O4. The van der Waals surface area contributed by atoms with E-state index in [1.54, 1.807) is 37.8 Å². The lowest BCUT2D eigenvalue weighted by atomic mass is 10.0. The van der Waals surface area contributed by atoms with Crippen molar-refractivity contribution in [3.63, 3.8) is 0 Å². The van der Waals surface area contributed by atoms with Gasteiger partial charge >= 0.3 is 5.97 Å². The molecule has 1 atom stereocenters. The summed E-state index contributed by atoms with van der Waals surface area (Å²) >= 11 is 0. The zero-order chi connectivity index (χ0) is 15.3. The largest absolute Gasteiger partial charge is 0.480 e. The van der Waals surface area contributed by atoms with Crippen molar-refractivity contribution < 1.29 is 19.1 Å². The second-order valence-corrected chi connectivity index (χ2v) is 5.12. The number of carboxylic acid groups (broad SMARTS) is 1. The van der Waals surface area contributed by atoms with Crippen LogP contribution in [0.5, 0.6) is 0 Å². The third-order valence-electron chi connectivity index (χ3n) is 3.45. The molecule has 1 amide bonds. The van der Waals surface area contributed by atoms with Gasteiger partial charge in [0.15, 0.2) is 0 Å². The number of carbonyl (C=O) groups is 2. The van der Waals surface area contributed by atoms with Crippen molar-refractivity contribution in [2.24, 2.45) is 0 Å². The average Bonchev–Trinajstić information content (AvgIpc) is 2.89. The van der Waals surface area contributed by atoms with Crippen LogP contribution < -0.4 is 5.32 Å². The Bertz CT molecular complexity index is 454. The summed E-state index contributed by atoms with van der Waals surface area (Å²) in [6.07, 6.45) is 1.54. The summed E-state index contributed by atoms with van der Waals surface area (Å²) in [5, 5.41) is 12.0. The van der Waals surface area contributed by atoms with Gasteiger partial charge in [0.25, 0.3) is 0 Å². The summed E-state index contributed by atoms with van der Waals surface area (Å²) in [6, 6.07) is 2.97. The molecule has 0 fully saturated rings. The molecule has 0 saturated heterocycles. The Hall–Kier alpha value is -1.82. The highest BCUT2D eigenvalue weighted by Crippen LogP contribution is 2.18. The second-order valence-electron chi connectivity index (χ2n) is 5.12. The smallest absolute Gasteiger partial charge is 0.323 e. The van der Waals surface area contributed by atoms with Gasteiger partial charge in [0.1, 0.15) is 11.3 Å². The van der Waals surface area contributed by atoms with E-state index in [0.717, 1.165) is 0 Å².